The average molecular weight is 300 g/mol. The molecule has 1 heterocycles. The van der Waals surface area contributed by atoms with Crippen LogP contribution in [0.1, 0.15) is 10.4 Å². The van der Waals surface area contributed by atoms with E-state index in [4.69, 9.17) is 11.6 Å². The molecule has 0 aliphatic heterocycles. The molecule has 1 aromatic carbocycles. The third kappa shape index (κ3) is 3.20. The molecular weight excluding hydrogens is 292 g/mol. The molecule has 0 spiro atoms. The summed E-state index contributed by atoms with van der Waals surface area (Å²) < 4.78 is 1.92. The maximum Gasteiger partial charge on any atom is 0.0934 e. The zero-order chi connectivity index (χ0) is 10.7. The van der Waals surface area contributed by atoms with Crippen molar-refractivity contribution in [3.8, 4) is 0 Å². The van der Waals surface area contributed by atoms with Gasteiger partial charge >= 0.3 is 0 Å². The van der Waals surface area contributed by atoms with Gasteiger partial charge in [0, 0.05) is 9.35 Å². The quantitative estimate of drug-likeness (QED) is 0.702. The van der Waals surface area contributed by atoms with E-state index in [2.05, 4.69) is 40.2 Å². The van der Waals surface area contributed by atoms with Crippen molar-refractivity contribution in [2.45, 2.75) is 0 Å². The predicted molar refractivity (Wildman–Crippen MR) is 72.4 cm³/mol. The highest BCUT2D eigenvalue weighted by Crippen LogP contribution is 2.23. The van der Waals surface area contributed by atoms with Gasteiger partial charge < -0.3 is 0 Å². The fraction of sp³-hybridized carbons (Fsp3) is 0. The first-order valence-electron chi connectivity index (χ1n) is 4.43. The van der Waals surface area contributed by atoms with Crippen LogP contribution >= 0.6 is 38.9 Å². The van der Waals surface area contributed by atoms with Crippen LogP contribution in [0.5, 0.6) is 0 Å². The van der Waals surface area contributed by atoms with Crippen LogP contribution in [0.2, 0.25) is 4.34 Å². The maximum absolute atomic E-state index is 5.84. The van der Waals surface area contributed by atoms with Crippen molar-refractivity contribution in [3.05, 3.63) is 55.6 Å². The maximum atomic E-state index is 5.84. The van der Waals surface area contributed by atoms with E-state index in [1.165, 1.54) is 10.4 Å². The van der Waals surface area contributed by atoms with Crippen LogP contribution in [0.3, 0.4) is 0 Å². The molecule has 0 N–H and O–H groups in total. The summed E-state index contributed by atoms with van der Waals surface area (Å²) in [5, 5.41) is 0. The van der Waals surface area contributed by atoms with Gasteiger partial charge in [0.2, 0.25) is 0 Å². The first-order chi connectivity index (χ1) is 7.24. The lowest BCUT2D eigenvalue weighted by molar-refractivity contribution is 1.62. The number of hydrogen-bond donors (Lipinski definition) is 0. The standard InChI is InChI=1S/C12H8BrClS/c13-10-4-1-9(2-5-10)3-6-11-7-8-12(14)15-11/h1-8H. The molecule has 0 fully saturated rings. The molecule has 0 radical (unpaired) electrons. The molecule has 3 heteroatoms. The van der Waals surface area contributed by atoms with Crippen LogP contribution < -0.4 is 0 Å². The number of hydrogen-bond acceptors (Lipinski definition) is 1. The van der Waals surface area contributed by atoms with Crippen LogP contribution in [0.15, 0.2) is 40.9 Å². The predicted octanol–water partition coefficient (Wildman–Crippen LogP) is 5.33. The van der Waals surface area contributed by atoms with E-state index in [1.807, 2.05) is 24.3 Å². The summed E-state index contributed by atoms with van der Waals surface area (Å²) in [6, 6.07) is 12.1. The molecule has 76 valence electrons. The molecule has 2 aromatic rings. The van der Waals surface area contributed by atoms with Gasteiger partial charge in [-0.05, 0) is 35.9 Å². The molecule has 2 rings (SSSR count). The minimum absolute atomic E-state index is 0.824. The molecule has 0 atom stereocenters. The van der Waals surface area contributed by atoms with Crippen molar-refractivity contribution in [3.63, 3.8) is 0 Å². The van der Waals surface area contributed by atoms with E-state index in [-0.39, 0.29) is 0 Å². The smallest absolute Gasteiger partial charge is 0.0934 e. The molecular formula is C12H8BrClS. The Morgan fingerprint density at radius 3 is 2.33 bits per heavy atom. The summed E-state index contributed by atoms with van der Waals surface area (Å²) in [4.78, 5) is 1.17. The summed E-state index contributed by atoms with van der Waals surface area (Å²) in [5.74, 6) is 0. The van der Waals surface area contributed by atoms with Crippen LogP contribution in [0, 0.1) is 0 Å². The Hall–Kier alpha value is -0.570. The Morgan fingerprint density at radius 2 is 1.73 bits per heavy atom. The molecule has 0 bridgehead atoms. The van der Waals surface area contributed by atoms with Crippen molar-refractivity contribution < 1.29 is 0 Å². The normalized spacial score (nSPS) is 11.1. The van der Waals surface area contributed by atoms with E-state index in [1.54, 1.807) is 11.3 Å². The van der Waals surface area contributed by atoms with Crippen molar-refractivity contribution in [1.29, 1.82) is 0 Å². The van der Waals surface area contributed by atoms with Crippen molar-refractivity contribution >= 4 is 51.0 Å². The van der Waals surface area contributed by atoms with Crippen molar-refractivity contribution in [1.82, 2.24) is 0 Å². The minimum Gasteiger partial charge on any atom is -0.124 e. The number of halogens is 2. The van der Waals surface area contributed by atoms with Gasteiger partial charge in [-0.15, -0.1) is 11.3 Å². The highest BCUT2D eigenvalue weighted by atomic mass is 79.9. The molecule has 0 aliphatic rings. The Kier molecular flexibility index (Phi) is 3.62. The lowest BCUT2D eigenvalue weighted by Crippen LogP contribution is -1.69. The highest BCUT2D eigenvalue weighted by Gasteiger charge is 1.93. The summed E-state index contributed by atoms with van der Waals surface area (Å²) in [6.07, 6.45) is 4.15. The van der Waals surface area contributed by atoms with Crippen LogP contribution in [-0.2, 0) is 0 Å². The third-order valence-electron chi connectivity index (χ3n) is 1.90. The molecule has 0 saturated heterocycles. The molecule has 0 unspecified atom stereocenters. The summed E-state index contributed by atoms with van der Waals surface area (Å²) in [6.45, 7) is 0. The van der Waals surface area contributed by atoms with E-state index < -0.39 is 0 Å². The van der Waals surface area contributed by atoms with E-state index in [0.29, 0.717) is 0 Å². The van der Waals surface area contributed by atoms with Gasteiger partial charge in [-0.3, -0.25) is 0 Å². The lowest BCUT2D eigenvalue weighted by Gasteiger charge is -1.92. The zero-order valence-electron chi connectivity index (χ0n) is 7.78. The summed E-state index contributed by atoms with van der Waals surface area (Å²) >= 11 is 10.8. The second kappa shape index (κ2) is 4.97. The Labute approximate surface area is 106 Å². The van der Waals surface area contributed by atoms with E-state index in [9.17, 15) is 0 Å². The highest BCUT2D eigenvalue weighted by molar-refractivity contribution is 9.10. The second-order valence-corrected chi connectivity index (χ2v) is 5.69. The summed E-state index contributed by atoms with van der Waals surface area (Å²) in [5.41, 5.74) is 1.18. The molecule has 0 saturated carbocycles. The third-order valence-corrected chi connectivity index (χ3v) is 3.63. The first-order valence-corrected chi connectivity index (χ1v) is 6.42. The number of benzene rings is 1. The molecule has 1 aromatic heterocycles. The van der Waals surface area contributed by atoms with Gasteiger partial charge in [0.1, 0.15) is 0 Å². The Bertz CT molecular complexity index is 471. The van der Waals surface area contributed by atoms with Crippen LogP contribution in [0.25, 0.3) is 12.2 Å². The monoisotopic (exact) mass is 298 g/mol. The summed E-state index contributed by atoms with van der Waals surface area (Å²) in [7, 11) is 0. The largest absolute Gasteiger partial charge is 0.124 e. The zero-order valence-corrected chi connectivity index (χ0v) is 10.9. The topological polar surface area (TPSA) is 0 Å². The van der Waals surface area contributed by atoms with Crippen molar-refractivity contribution in [2.24, 2.45) is 0 Å². The molecule has 0 amide bonds. The molecule has 0 aliphatic carbocycles. The van der Waals surface area contributed by atoms with E-state index >= 15 is 0 Å². The fourth-order valence-electron chi connectivity index (χ4n) is 1.17. The second-order valence-electron chi connectivity index (χ2n) is 3.03. The number of rotatable bonds is 2. The van der Waals surface area contributed by atoms with Crippen LogP contribution in [-0.4, -0.2) is 0 Å². The minimum atomic E-state index is 0.824. The van der Waals surface area contributed by atoms with Gasteiger partial charge in [-0.2, -0.15) is 0 Å². The molecule has 0 nitrogen and oxygen atoms in total. The SMILES string of the molecule is Clc1ccc(C=Cc2ccc(Br)cc2)s1. The van der Waals surface area contributed by atoms with Gasteiger partial charge in [0.25, 0.3) is 0 Å². The Balaban J connectivity index is 2.14. The average Bonchev–Trinajstić information content (AvgIpc) is 2.64. The first kappa shape index (κ1) is 10.9. The fourth-order valence-corrected chi connectivity index (χ4v) is 2.40. The van der Waals surface area contributed by atoms with Gasteiger partial charge in [-0.25, -0.2) is 0 Å². The molecule has 15 heavy (non-hydrogen) atoms. The lowest BCUT2D eigenvalue weighted by atomic mass is 10.2. The van der Waals surface area contributed by atoms with E-state index in [0.717, 1.165) is 8.81 Å². The van der Waals surface area contributed by atoms with Gasteiger partial charge in [0.05, 0.1) is 4.34 Å². The van der Waals surface area contributed by atoms with Crippen molar-refractivity contribution in [2.75, 3.05) is 0 Å². The van der Waals surface area contributed by atoms with Gasteiger partial charge in [-0.1, -0.05) is 45.7 Å². The Morgan fingerprint density at radius 1 is 1.00 bits per heavy atom. The van der Waals surface area contributed by atoms with Crippen LogP contribution in [0.4, 0.5) is 0 Å². The van der Waals surface area contributed by atoms with Gasteiger partial charge in [0.15, 0.2) is 0 Å². The number of thiophene rings is 1.